The Labute approximate surface area is 230 Å². The summed E-state index contributed by atoms with van der Waals surface area (Å²) in [4.78, 5) is 18.0. The topological polar surface area (TPSA) is 63.6 Å². The third-order valence-electron chi connectivity index (χ3n) is 8.37. The second-order valence-electron chi connectivity index (χ2n) is 11.6. The maximum atomic E-state index is 14.3. The summed E-state index contributed by atoms with van der Waals surface area (Å²) in [6.45, 7) is 6.01. The Kier molecular flexibility index (Phi) is 6.82. The summed E-state index contributed by atoms with van der Waals surface area (Å²) in [6.07, 6.45) is 2.10. The number of aromatic nitrogens is 5. The summed E-state index contributed by atoms with van der Waals surface area (Å²) in [6, 6.07) is 8.68. The molecule has 212 valence electrons. The minimum Gasteiger partial charge on any atom is -0.320 e. The summed E-state index contributed by atoms with van der Waals surface area (Å²) in [7, 11) is 3.96. The summed E-state index contributed by atoms with van der Waals surface area (Å²) in [5.74, 6) is 1.58. The van der Waals surface area contributed by atoms with Crippen molar-refractivity contribution in [3.63, 3.8) is 0 Å². The quantitative estimate of drug-likeness (QED) is 0.359. The highest BCUT2D eigenvalue weighted by molar-refractivity contribution is 5.58. The van der Waals surface area contributed by atoms with E-state index in [0.717, 1.165) is 54.8 Å². The number of aryl methyl sites for hydroxylation is 1. The van der Waals surface area contributed by atoms with E-state index in [2.05, 4.69) is 34.0 Å². The van der Waals surface area contributed by atoms with Crippen molar-refractivity contribution in [2.45, 2.75) is 38.4 Å². The van der Waals surface area contributed by atoms with Gasteiger partial charge in [0, 0.05) is 51.5 Å². The van der Waals surface area contributed by atoms with Crippen LogP contribution in [-0.2, 0) is 19.8 Å². The molecule has 40 heavy (non-hydrogen) atoms. The van der Waals surface area contributed by atoms with Crippen molar-refractivity contribution in [2.75, 3.05) is 33.2 Å². The molecular formula is C29H34F3N7O. The molecule has 0 radical (unpaired) electrons. The molecule has 0 bridgehead atoms. The number of halogens is 3. The van der Waals surface area contributed by atoms with Crippen molar-refractivity contribution in [3.05, 3.63) is 82.1 Å². The number of pyridine rings is 1. The number of hydrogen-bond acceptors (Lipinski definition) is 5. The molecule has 11 heteroatoms. The van der Waals surface area contributed by atoms with Gasteiger partial charge in [-0.2, -0.15) is 13.2 Å². The Hall–Kier alpha value is -3.44. The van der Waals surface area contributed by atoms with Crippen molar-refractivity contribution in [2.24, 2.45) is 18.9 Å². The highest BCUT2D eigenvalue weighted by atomic mass is 19.4. The molecule has 2 atom stereocenters. The van der Waals surface area contributed by atoms with E-state index in [1.807, 2.05) is 29.8 Å². The van der Waals surface area contributed by atoms with Gasteiger partial charge in [0.05, 0.1) is 16.8 Å². The lowest BCUT2D eigenvalue weighted by atomic mass is 9.80. The van der Waals surface area contributed by atoms with Crippen LogP contribution in [0, 0.1) is 11.8 Å². The number of rotatable bonds is 6. The largest absolute Gasteiger partial charge is 0.418 e. The molecule has 3 aromatic heterocycles. The zero-order valence-electron chi connectivity index (χ0n) is 23.0. The molecule has 2 fully saturated rings. The lowest BCUT2D eigenvalue weighted by molar-refractivity contribution is -0.136. The van der Waals surface area contributed by atoms with Crippen molar-refractivity contribution in [1.29, 1.82) is 0 Å². The van der Waals surface area contributed by atoms with E-state index in [9.17, 15) is 18.0 Å². The second-order valence-corrected chi connectivity index (χ2v) is 11.6. The lowest BCUT2D eigenvalue weighted by Gasteiger charge is -2.41. The SMILES string of the molecule is C[C@H]1CCCN(Cc2cc(C(F)(F)F)c3cn(-c4cccc([C@@H](c5nncn5C)C5CN(C)C5)c4)c(=O)n3c2)C1. The fourth-order valence-electron chi connectivity index (χ4n) is 6.46. The first-order valence-electron chi connectivity index (χ1n) is 13.8. The van der Waals surface area contributed by atoms with Crippen LogP contribution < -0.4 is 5.69 Å². The van der Waals surface area contributed by atoms with Gasteiger partial charge in [-0.1, -0.05) is 19.1 Å². The average molecular weight is 554 g/mol. The molecule has 0 unspecified atom stereocenters. The number of imidazole rings is 1. The molecular weight excluding hydrogens is 519 g/mol. The monoisotopic (exact) mass is 553 g/mol. The summed E-state index contributed by atoms with van der Waals surface area (Å²) in [5.41, 5.74) is 0.486. The van der Waals surface area contributed by atoms with E-state index in [-0.39, 0.29) is 11.4 Å². The van der Waals surface area contributed by atoms with Gasteiger partial charge in [0.1, 0.15) is 12.2 Å². The zero-order chi connectivity index (χ0) is 28.2. The van der Waals surface area contributed by atoms with E-state index in [1.54, 1.807) is 18.6 Å². The second kappa shape index (κ2) is 10.2. The Balaban J connectivity index is 1.42. The van der Waals surface area contributed by atoms with Crippen LogP contribution in [-0.4, -0.2) is 66.8 Å². The lowest BCUT2D eigenvalue weighted by Crippen LogP contribution is -2.47. The zero-order valence-corrected chi connectivity index (χ0v) is 23.0. The molecule has 6 rings (SSSR count). The third-order valence-corrected chi connectivity index (χ3v) is 8.37. The van der Waals surface area contributed by atoms with Crippen LogP contribution in [0.25, 0.3) is 11.2 Å². The van der Waals surface area contributed by atoms with E-state index in [0.29, 0.717) is 29.6 Å². The van der Waals surface area contributed by atoms with Gasteiger partial charge in [-0.15, -0.1) is 10.2 Å². The maximum absolute atomic E-state index is 14.3. The van der Waals surface area contributed by atoms with Crippen LogP contribution in [0.1, 0.15) is 48.2 Å². The highest BCUT2D eigenvalue weighted by Crippen LogP contribution is 2.37. The van der Waals surface area contributed by atoms with E-state index >= 15 is 0 Å². The van der Waals surface area contributed by atoms with Crippen LogP contribution in [0.2, 0.25) is 0 Å². The normalized spacial score (nSPS) is 20.2. The molecule has 0 amide bonds. The number of fused-ring (bicyclic) bond motifs is 1. The van der Waals surface area contributed by atoms with E-state index < -0.39 is 17.4 Å². The van der Waals surface area contributed by atoms with Gasteiger partial charge in [0.25, 0.3) is 0 Å². The van der Waals surface area contributed by atoms with Gasteiger partial charge in [0.2, 0.25) is 0 Å². The highest BCUT2D eigenvalue weighted by Gasteiger charge is 2.37. The van der Waals surface area contributed by atoms with Gasteiger partial charge in [-0.3, -0.25) is 13.9 Å². The molecule has 5 heterocycles. The maximum Gasteiger partial charge on any atom is 0.418 e. The van der Waals surface area contributed by atoms with Gasteiger partial charge >= 0.3 is 11.9 Å². The number of piperidine rings is 1. The van der Waals surface area contributed by atoms with Crippen molar-refractivity contribution in [3.8, 4) is 5.69 Å². The van der Waals surface area contributed by atoms with Crippen molar-refractivity contribution < 1.29 is 13.2 Å². The van der Waals surface area contributed by atoms with E-state index in [4.69, 9.17) is 0 Å². The summed E-state index contributed by atoms with van der Waals surface area (Å²) < 4.78 is 47.1. The van der Waals surface area contributed by atoms with Gasteiger partial charge in [-0.25, -0.2) is 4.79 Å². The number of nitrogens with zero attached hydrogens (tertiary/aromatic N) is 7. The van der Waals surface area contributed by atoms with Gasteiger partial charge < -0.3 is 9.47 Å². The van der Waals surface area contributed by atoms with Crippen LogP contribution in [0.3, 0.4) is 0 Å². The van der Waals surface area contributed by atoms with E-state index in [1.165, 1.54) is 16.8 Å². The van der Waals surface area contributed by atoms with Crippen molar-refractivity contribution >= 4 is 5.52 Å². The van der Waals surface area contributed by atoms with Crippen molar-refractivity contribution in [1.82, 2.24) is 33.5 Å². The summed E-state index contributed by atoms with van der Waals surface area (Å²) in [5, 5.41) is 8.44. The first-order chi connectivity index (χ1) is 19.1. The predicted octanol–water partition coefficient (Wildman–Crippen LogP) is 4.16. The third kappa shape index (κ3) is 4.96. The fourth-order valence-corrected chi connectivity index (χ4v) is 6.46. The minimum atomic E-state index is -4.59. The molecule has 1 aromatic carbocycles. The van der Waals surface area contributed by atoms with Crippen LogP contribution in [0.4, 0.5) is 13.2 Å². The molecule has 8 nitrogen and oxygen atoms in total. The number of hydrogen-bond donors (Lipinski definition) is 0. The van der Waals surface area contributed by atoms with Crippen LogP contribution in [0.15, 0.2) is 53.8 Å². The van der Waals surface area contributed by atoms with Crippen LogP contribution in [0.5, 0.6) is 0 Å². The molecule has 2 aliphatic heterocycles. The van der Waals surface area contributed by atoms with Gasteiger partial charge in [0.15, 0.2) is 0 Å². The van der Waals surface area contributed by atoms with Crippen LogP contribution >= 0.6 is 0 Å². The first kappa shape index (κ1) is 26.8. The molecule has 0 N–H and O–H groups in total. The summed E-state index contributed by atoms with van der Waals surface area (Å²) >= 11 is 0. The van der Waals surface area contributed by atoms with Gasteiger partial charge in [-0.05, 0) is 67.6 Å². The Morgan fingerprint density at radius 2 is 1.90 bits per heavy atom. The Morgan fingerprint density at radius 3 is 2.58 bits per heavy atom. The number of benzene rings is 1. The minimum absolute atomic E-state index is 0.0549. The Bertz CT molecular complexity index is 1580. The number of likely N-dealkylation sites (tertiary alicyclic amines) is 2. The Morgan fingerprint density at radius 1 is 1.10 bits per heavy atom. The molecule has 2 saturated heterocycles. The fraction of sp³-hybridized carbons (Fsp3) is 0.483. The molecule has 0 saturated carbocycles. The standard InChI is InChI=1S/C29H34F3N7O/c1-19-6-5-9-37(12-19)13-20-10-24(29(30,31)32)25-17-38(28(40)39(25)14-20)23-8-4-7-21(11-23)26(22-15-35(2)16-22)27-34-33-18-36(27)3/h4,7-8,10-11,14,17-19,22,26H,5-6,9,12-13,15-16H2,1-3H3/t19-,26+/m0/s1. The molecule has 0 aliphatic carbocycles. The molecule has 0 spiro atoms. The molecule has 4 aromatic rings. The smallest absolute Gasteiger partial charge is 0.320 e. The molecule has 2 aliphatic rings. The first-order valence-corrected chi connectivity index (χ1v) is 13.8. The predicted molar refractivity (Wildman–Crippen MR) is 146 cm³/mol. The number of alkyl halides is 3. The average Bonchev–Trinajstić information content (AvgIpc) is 3.45.